The Bertz CT molecular complexity index is 404. The van der Waals surface area contributed by atoms with Crippen molar-refractivity contribution in [2.45, 2.75) is 31.3 Å². The molecule has 1 unspecified atom stereocenters. The van der Waals surface area contributed by atoms with E-state index >= 15 is 0 Å². The van der Waals surface area contributed by atoms with Crippen LogP contribution < -0.4 is 5.32 Å². The van der Waals surface area contributed by atoms with Crippen molar-refractivity contribution in [2.24, 2.45) is 0 Å². The van der Waals surface area contributed by atoms with Gasteiger partial charge in [-0.2, -0.15) is 0 Å². The van der Waals surface area contributed by atoms with Crippen LogP contribution in [-0.4, -0.2) is 42.4 Å². The normalized spacial score (nSPS) is 16.6. The molecule has 1 saturated carbocycles. The molecule has 2 N–H and O–H groups in total. The number of carbonyl (C=O) groups excluding carboxylic acids is 1. The van der Waals surface area contributed by atoms with Crippen molar-refractivity contribution in [2.75, 3.05) is 20.3 Å². The number of ether oxygens (including phenoxy) is 1. The van der Waals surface area contributed by atoms with Crippen LogP contribution in [0, 0.1) is 0 Å². The van der Waals surface area contributed by atoms with Crippen LogP contribution in [0.4, 0.5) is 0 Å². The van der Waals surface area contributed by atoms with Gasteiger partial charge in [-0.3, -0.25) is 4.79 Å². The number of nitrogens with one attached hydrogen (secondary N) is 1. The second-order valence-electron chi connectivity index (χ2n) is 4.49. The molecule has 0 radical (unpaired) electrons. The summed E-state index contributed by atoms with van der Waals surface area (Å²) in [6, 6.07) is 0. The van der Waals surface area contributed by atoms with Crippen LogP contribution >= 0.6 is 11.3 Å². The number of aliphatic hydroxyl groups is 1. The van der Waals surface area contributed by atoms with Crippen LogP contribution in [0.25, 0.3) is 0 Å². The largest absolute Gasteiger partial charge is 0.391 e. The zero-order valence-corrected chi connectivity index (χ0v) is 11.2. The molecular weight excluding hydrogens is 252 g/mol. The van der Waals surface area contributed by atoms with E-state index in [-0.39, 0.29) is 5.91 Å². The van der Waals surface area contributed by atoms with E-state index in [0.717, 1.165) is 23.4 Å². The Labute approximate surface area is 110 Å². The van der Waals surface area contributed by atoms with E-state index in [1.165, 1.54) is 11.3 Å². The number of amides is 1. The number of hydrogen-bond acceptors (Lipinski definition) is 5. The average Bonchev–Trinajstić information content (AvgIpc) is 3.07. The minimum Gasteiger partial charge on any atom is -0.391 e. The summed E-state index contributed by atoms with van der Waals surface area (Å²) in [7, 11) is 1.54. The van der Waals surface area contributed by atoms with Crippen molar-refractivity contribution in [3.63, 3.8) is 0 Å². The molecule has 1 aliphatic rings. The highest BCUT2D eigenvalue weighted by atomic mass is 32.1. The molecule has 6 heteroatoms. The Morgan fingerprint density at radius 2 is 2.50 bits per heavy atom. The monoisotopic (exact) mass is 270 g/mol. The number of aromatic nitrogens is 1. The second-order valence-corrected chi connectivity index (χ2v) is 5.35. The van der Waals surface area contributed by atoms with Gasteiger partial charge in [0.05, 0.1) is 23.9 Å². The Hall–Kier alpha value is -0.980. The molecule has 0 saturated heterocycles. The van der Waals surface area contributed by atoms with Gasteiger partial charge in [-0.05, 0) is 19.3 Å². The summed E-state index contributed by atoms with van der Waals surface area (Å²) < 4.78 is 4.82. The summed E-state index contributed by atoms with van der Waals surface area (Å²) in [5.41, 5.74) is 2.66. The van der Waals surface area contributed by atoms with Crippen LogP contribution in [0.2, 0.25) is 0 Å². The molecule has 18 heavy (non-hydrogen) atoms. The molecule has 1 aliphatic carbocycles. The minimum absolute atomic E-state index is 0.0796. The summed E-state index contributed by atoms with van der Waals surface area (Å²) >= 11 is 1.38. The summed E-state index contributed by atoms with van der Waals surface area (Å²) in [5.74, 6) is 0.403. The average molecular weight is 270 g/mol. The van der Waals surface area contributed by atoms with Gasteiger partial charge >= 0.3 is 0 Å². The lowest BCUT2D eigenvalue weighted by Gasteiger charge is -2.09. The van der Waals surface area contributed by atoms with Gasteiger partial charge in [0.1, 0.15) is 4.88 Å². The molecule has 0 aliphatic heterocycles. The highest BCUT2D eigenvalue weighted by Crippen LogP contribution is 2.41. The standard InChI is InChI=1S/C12H18N2O3S/c1-17-6-9(15)4-5-13-12(16)11-10(8-2-3-8)14-7-18-11/h7-9,15H,2-6H2,1H3,(H,13,16). The molecule has 1 aromatic heterocycles. The summed E-state index contributed by atoms with van der Waals surface area (Å²) in [4.78, 5) is 16.9. The fourth-order valence-corrected chi connectivity index (χ4v) is 2.57. The highest BCUT2D eigenvalue weighted by Gasteiger charge is 2.30. The fraction of sp³-hybridized carbons (Fsp3) is 0.667. The Morgan fingerprint density at radius 3 is 3.17 bits per heavy atom. The molecule has 5 nitrogen and oxygen atoms in total. The predicted molar refractivity (Wildman–Crippen MR) is 68.9 cm³/mol. The SMILES string of the molecule is COCC(O)CCNC(=O)c1scnc1C1CC1. The summed E-state index contributed by atoms with van der Waals surface area (Å²) in [5, 5.41) is 12.3. The van der Waals surface area contributed by atoms with E-state index in [2.05, 4.69) is 10.3 Å². The van der Waals surface area contributed by atoms with E-state index in [1.807, 2.05) is 0 Å². The molecule has 1 fully saturated rings. The summed E-state index contributed by atoms with van der Waals surface area (Å²) in [6.07, 6.45) is 2.24. The maximum absolute atomic E-state index is 11.9. The van der Waals surface area contributed by atoms with Crippen LogP contribution in [0.5, 0.6) is 0 Å². The van der Waals surface area contributed by atoms with Crippen LogP contribution in [0.1, 0.15) is 40.5 Å². The number of carbonyl (C=O) groups is 1. The van der Waals surface area contributed by atoms with E-state index in [1.54, 1.807) is 12.6 Å². The van der Waals surface area contributed by atoms with E-state index in [4.69, 9.17) is 4.74 Å². The molecular formula is C12H18N2O3S. The van der Waals surface area contributed by atoms with Crippen molar-refractivity contribution < 1.29 is 14.6 Å². The van der Waals surface area contributed by atoms with Crippen molar-refractivity contribution in [3.05, 3.63) is 16.1 Å². The number of methoxy groups -OCH3 is 1. The molecule has 1 atom stereocenters. The molecule has 100 valence electrons. The van der Waals surface area contributed by atoms with Crippen molar-refractivity contribution in [3.8, 4) is 0 Å². The van der Waals surface area contributed by atoms with Gasteiger partial charge in [-0.25, -0.2) is 4.98 Å². The zero-order chi connectivity index (χ0) is 13.0. The first-order valence-corrected chi connectivity index (χ1v) is 6.99. The van der Waals surface area contributed by atoms with Gasteiger partial charge < -0.3 is 15.2 Å². The summed E-state index contributed by atoms with van der Waals surface area (Å²) in [6.45, 7) is 0.745. The van der Waals surface area contributed by atoms with Crippen molar-refractivity contribution >= 4 is 17.2 Å². The first kappa shape index (κ1) is 13.5. The quantitative estimate of drug-likeness (QED) is 0.779. The Balaban J connectivity index is 1.79. The lowest BCUT2D eigenvalue weighted by Crippen LogP contribution is -2.28. The Kier molecular flexibility index (Phi) is 4.68. The van der Waals surface area contributed by atoms with Crippen molar-refractivity contribution in [1.82, 2.24) is 10.3 Å². The molecule has 0 spiro atoms. The second kappa shape index (κ2) is 6.26. The van der Waals surface area contributed by atoms with Gasteiger partial charge in [-0.15, -0.1) is 11.3 Å². The highest BCUT2D eigenvalue weighted by molar-refractivity contribution is 7.11. The molecule has 0 bridgehead atoms. The van der Waals surface area contributed by atoms with E-state index in [0.29, 0.717) is 25.5 Å². The van der Waals surface area contributed by atoms with E-state index < -0.39 is 6.10 Å². The van der Waals surface area contributed by atoms with Gasteiger partial charge in [0.2, 0.25) is 0 Å². The molecule has 1 aromatic rings. The van der Waals surface area contributed by atoms with E-state index in [9.17, 15) is 9.90 Å². The maximum atomic E-state index is 11.9. The Morgan fingerprint density at radius 1 is 1.72 bits per heavy atom. The van der Waals surface area contributed by atoms with Crippen LogP contribution in [-0.2, 0) is 4.74 Å². The number of rotatable bonds is 7. The van der Waals surface area contributed by atoms with Gasteiger partial charge in [0.25, 0.3) is 5.91 Å². The first-order chi connectivity index (χ1) is 8.72. The van der Waals surface area contributed by atoms with Crippen LogP contribution in [0.15, 0.2) is 5.51 Å². The topological polar surface area (TPSA) is 71.5 Å². The number of hydrogen-bond donors (Lipinski definition) is 2. The maximum Gasteiger partial charge on any atom is 0.263 e. The van der Waals surface area contributed by atoms with Gasteiger partial charge in [0.15, 0.2) is 0 Å². The molecule has 2 rings (SSSR count). The van der Waals surface area contributed by atoms with Gasteiger partial charge in [0, 0.05) is 19.6 Å². The van der Waals surface area contributed by atoms with Gasteiger partial charge in [-0.1, -0.05) is 0 Å². The predicted octanol–water partition coefficient (Wildman–Crippen LogP) is 1.15. The van der Waals surface area contributed by atoms with Crippen molar-refractivity contribution in [1.29, 1.82) is 0 Å². The lowest BCUT2D eigenvalue weighted by atomic mass is 10.2. The molecule has 1 heterocycles. The third-order valence-electron chi connectivity index (χ3n) is 2.89. The lowest BCUT2D eigenvalue weighted by molar-refractivity contribution is 0.0588. The number of thiazole rings is 1. The molecule has 0 aromatic carbocycles. The fourth-order valence-electron chi connectivity index (χ4n) is 1.78. The first-order valence-electron chi connectivity index (χ1n) is 6.11. The smallest absolute Gasteiger partial charge is 0.263 e. The number of nitrogens with zero attached hydrogens (tertiary/aromatic N) is 1. The van der Waals surface area contributed by atoms with Crippen LogP contribution in [0.3, 0.4) is 0 Å². The number of aliphatic hydroxyl groups excluding tert-OH is 1. The minimum atomic E-state index is -0.528. The molecule has 1 amide bonds. The zero-order valence-electron chi connectivity index (χ0n) is 10.4. The third kappa shape index (κ3) is 3.51. The third-order valence-corrected chi connectivity index (χ3v) is 3.73.